The lowest BCUT2D eigenvalue weighted by atomic mass is 10.1. The number of nitrogens with zero attached hydrogens (tertiary/aromatic N) is 1. The first kappa shape index (κ1) is 20.3. The first-order valence-electron chi connectivity index (χ1n) is 9.42. The van der Waals surface area contributed by atoms with Crippen LogP contribution in [0.4, 0.5) is 11.4 Å². The van der Waals surface area contributed by atoms with E-state index in [1.165, 1.54) is 7.11 Å². The maximum absolute atomic E-state index is 12.9. The summed E-state index contributed by atoms with van der Waals surface area (Å²) >= 11 is 3.45. The van der Waals surface area contributed by atoms with E-state index in [1.54, 1.807) is 42.3 Å². The van der Waals surface area contributed by atoms with E-state index < -0.39 is 5.92 Å². The van der Waals surface area contributed by atoms with E-state index in [-0.39, 0.29) is 24.8 Å². The van der Waals surface area contributed by atoms with Crippen molar-refractivity contribution in [1.82, 2.24) is 0 Å². The molecule has 30 heavy (non-hydrogen) atoms. The number of hydrogen-bond donors (Lipinski definition) is 1. The van der Waals surface area contributed by atoms with Gasteiger partial charge in [0.25, 0.3) is 0 Å². The number of fused-ring (bicyclic) bond motifs is 1. The molecule has 4 rings (SSSR count). The molecule has 1 N–H and O–H groups in total. The number of benzene rings is 2. The number of carbonyl (C=O) groups excluding carboxylic acids is 2. The van der Waals surface area contributed by atoms with Gasteiger partial charge in [-0.3, -0.25) is 9.59 Å². The summed E-state index contributed by atoms with van der Waals surface area (Å²) in [7, 11) is 3.09. The third-order valence-electron chi connectivity index (χ3n) is 5.06. The summed E-state index contributed by atoms with van der Waals surface area (Å²) in [4.78, 5) is 27.1. The molecule has 1 atom stereocenters. The first-order valence-corrected chi connectivity index (χ1v) is 10.2. The van der Waals surface area contributed by atoms with Gasteiger partial charge < -0.3 is 29.2 Å². The minimum atomic E-state index is -0.496. The van der Waals surface area contributed by atoms with Gasteiger partial charge in [-0.15, -0.1) is 0 Å². The predicted octanol–water partition coefficient (Wildman–Crippen LogP) is 3.23. The topological polar surface area (TPSA) is 86.3 Å². The van der Waals surface area contributed by atoms with Crippen molar-refractivity contribution in [3.05, 3.63) is 34.8 Å². The predicted molar refractivity (Wildman–Crippen MR) is 114 cm³/mol. The fourth-order valence-electron chi connectivity index (χ4n) is 3.52. The van der Waals surface area contributed by atoms with E-state index >= 15 is 0 Å². The van der Waals surface area contributed by atoms with E-state index in [2.05, 4.69) is 21.2 Å². The van der Waals surface area contributed by atoms with Crippen LogP contribution in [0.2, 0.25) is 0 Å². The van der Waals surface area contributed by atoms with Gasteiger partial charge in [-0.2, -0.15) is 0 Å². The Balaban J connectivity index is 1.50. The van der Waals surface area contributed by atoms with Gasteiger partial charge in [0.1, 0.15) is 24.7 Å². The molecule has 158 valence electrons. The lowest BCUT2D eigenvalue weighted by Crippen LogP contribution is -2.28. The molecule has 2 aliphatic rings. The van der Waals surface area contributed by atoms with Gasteiger partial charge in [0, 0.05) is 35.6 Å². The standard InChI is InChI=1S/C21H21BrN2O6/c1-27-13-3-4-16(17(8-13)28-2)24-11-12(7-20(24)25)21(26)23-15-10-19-18(9-14(15)22)29-5-6-30-19/h3-4,8-10,12H,5-7,11H2,1-2H3,(H,23,26). The minimum Gasteiger partial charge on any atom is -0.497 e. The Morgan fingerprint density at radius 1 is 1.13 bits per heavy atom. The normalized spacial score (nSPS) is 17.6. The van der Waals surface area contributed by atoms with Crippen molar-refractivity contribution in [2.75, 3.05) is 44.2 Å². The number of nitrogens with one attached hydrogen (secondary N) is 1. The third kappa shape index (κ3) is 3.89. The molecule has 0 bridgehead atoms. The number of amides is 2. The van der Waals surface area contributed by atoms with Crippen molar-refractivity contribution in [3.63, 3.8) is 0 Å². The largest absolute Gasteiger partial charge is 0.497 e. The lowest BCUT2D eigenvalue weighted by Gasteiger charge is -2.21. The van der Waals surface area contributed by atoms with E-state index in [0.717, 1.165) is 0 Å². The Kier molecular flexibility index (Phi) is 5.72. The maximum atomic E-state index is 12.9. The van der Waals surface area contributed by atoms with Gasteiger partial charge in [-0.25, -0.2) is 0 Å². The Bertz CT molecular complexity index is 996. The zero-order valence-electron chi connectivity index (χ0n) is 16.6. The summed E-state index contributed by atoms with van der Waals surface area (Å²) in [5.74, 6) is 1.46. The second-order valence-corrected chi connectivity index (χ2v) is 7.76. The molecule has 0 spiro atoms. The summed E-state index contributed by atoms with van der Waals surface area (Å²) in [5.41, 5.74) is 1.18. The summed E-state index contributed by atoms with van der Waals surface area (Å²) in [6.07, 6.45) is 0.114. The molecule has 1 unspecified atom stereocenters. The van der Waals surface area contributed by atoms with Crippen LogP contribution in [-0.2, 0) is 9.59 Å². The summed E-state index contributed by atoms with van der Waals surface area (Å²) in [6, 6.07) is 8.70. The van der Waals surface area contributed by atoms with Gasteiger partial charge in [0.2, 0.25) is 11.8 Å². The number of rotatable bonds is 5. The van der Waals surface area contributed by atoms with Gasteiger partial charge in [0.05, 0.1) is 31.5 Å². The van der Waals surface area contributed by atoms with E-state index in [4.69, 9.17) is 18.9 Å². The molecule has 2 aromatic rings. The number of ether oxygens (including phenoxy) is 4. The van der Waals surface area contributed by atoms with Crippen molar-refractivity contribution in [2.45, 2.75) is 6.42 Å². The molecule has 0 aromatic heterocycles. The SMILES string of the molecule is COc1ccc(N2CC(C(=O)Nc3cc4c(cc3Br)OCCO4)CC2=O)c(OC)c1. The average Bonchev–Trinajstić information content (AvgIpc) is 3.15. The fourth-order valence-corrected chi connectivity index (χ4v) is 3.94. The second-order valence-electron chi connectivity index (χ2n) is 6.91. The highest BCUT2D eigenvalue weighted by atomic mass is 79.9. The Morgan fingerprint density at radius 2 is 1.87 bits per heavy atom. The highest BCUT2D eigenvalue weighted by Gasteiger charge is 2.36. The van der Waals surface area contributed by atoms with Crippen LogP contribution < -0.4 is 29.2 Å². The number of hydrogen-bond acceptors (Lipinski definition) is 6. The first-order chi connectivity index (χ1) is 14.5. The lowest BCUT2D eigenvalue weighted by molar-refractivity contribution is -0.122. The highest BCUT2D eigenvalue weighted by Crippen LogP contribution is 2.39. The van der Waals surface area contributed by atoms with Crippen molar-refractivity contribution in [2.24, 2.45) is 5.92 Å². The minimum absolute atomic E-state index is 0.114. The van der Waals surface area contributed by atoms with Crippen LogP contribution in [-0.4, -0.2) is 45.8 Å². The Hall–Kier alpha value is -2.94. The molecule has 2 aromatic carbocycles. The van der Waals surface area contributed by atoms with Crippen molar-refractivity contribution in [3.8, 4) is 23.0 Å². The smallest absolute Gasteiger partial charge is 0.229 e. The number of anilines is 2. The van der Waals surface area contributed by atoms with Crippen LogP contribution in [0.1, 0.15) is 6.42 Å². The van der Waals surface area contributed by atoms with Crippen molar-refractivity contribution >= 4 is 39.1 Å². The summed E-state index contributed by atoms with van der Waals surface area (Å²) in [5, 5.41) is 2.89. The van der Waals surface area contributed by atoms with Crippen molar-refractivity contribution in [1.29, 1.82) is 0 Å². The zero-order valence-corrected chi connectivity index (χ0v) is 18.2. The van der Waals surface area contributed by atoms with E-state index in [1.807, 2.05) is 0 Å². The molecule has 1 saturated heterocycles. The maximum Gasteiger partial charge on any atom is 0.229 e. The van der Waals surface area contributed by atoms with Crippen LogP contribution in [0.3, 0.4) is 0 Å². The van der Waals surface area contributed by atoms with Crippen LogP contribution >= 0.6 is 15.9 Å². The number of carbonyl (C=O) groups is 2. The number of halogens is 1. The quantitative estimate of drug-likeness (QED) is 0.712. The molecular formula is C21H21BrN2O6. The van der Waals surface area contributed by atoms with Crippen LogP contribution in [0.25, 0.3) is 0 Å². The third-order valence-corrected chi connectivity index (χ3v) is 5.72. The molecule has 1 fully saturated rings. The van der Waals surface area contributed by atoms with Crippen LogP contribution in [0.5, 0.6) is 23.0 Å². The van der Waals surface area contributed by atoms with E-state index in [0.29, 0.717) is 52.1 Å². The molecule has 0 aliphatic carbocycles. The molecule has 2 heterocycles. The monoisotopic (exact) mass is 476 g/mol. The van der Waals surface area contributed by atoms with Gasteiger partial charge in [-0.1, -0.05) is 0 Å². The Morgan fingerprint density at radius 3 is 2.57 bits per heavy atom. The van der Waals surface area contributed by atoms with Crippen LogP contribution in [0.15, 0.2) is 34.8 Å². The molecule has 2 amide bonds. The highest BCUT2D eigenvalue weighted by molar-refractivity contribution is 9.10. The molecule has 0 saturated carbocycles. The van der Waals surface area contributed by atoms with Gasteiger partial charge in [-0.05, 0) is 28.1 Å². The molecule has 9 heteroatoms. The Labute approximate surface area is 182 Å². The average molecular weight is 477 g/mol. The van der Waals surface area contributed by atoms with Gasteiger partial charge in [0.15, 0.2) is 11.5 Å². The van der Waals surface area contributed by atoms with Crippen molar-refractivity contribution < 1.29 is 28.5 Å². The molecule has 0 radical (unpaired) electrons. The summed E-state index contributed by atoms with van der Waals surface area (Å²) < 4.78 is 22.4. The molecular weight excluding hydrogens is 456 g/mol. The summed E-state index contributed by atoms with van der Waals surface area (Å²) in [6.45, 7) is 1.20. The molecule has 8 nitrogen and oxygen atoms in total. The van der Waals surface area contributed by atoms with Gasteiger partial charge >= 0.3 is 0 Å². The second kappa shape index (κ2) is 8.43. The number of methoxy groups -OCH3 is 2. The van der Waals surface area contributed by atoms with E-state index in [9.17, 15) is 9.59 Å². The van der Waals surface area contributed by atoms with Crippen LogP contribution in [0, 0.1) is 5.92 Å². The zero-order chi connectivity index (χ0) is 21.3. The molecule has 2 aliphatic heterocycles. The fraction of sp³-hybridized carbons (Fsp3) is 0.333.